The average Bonchev–Trinajstić information content (AvgIpc) is 3.15. The zero-order valence-corrected chi connectivity index (χ0v) is 16.9. The third-order valence-electron chi connectivity index (χ3n) is 4.86. The Balaban J connectivity index is 1.65. The van der Waals surface area contributed by atoms with E-state index in [0.29, 0.717) is 12.6 Å². The van der Waals surface area contributed by atoms with Crippen molar-refractivity contribution in [1.82, 2.24) is 9.55 Å². The molecule has 1 aromatic heterocycles. The highest BCUT2D eigenvalue weighted by Crippen LogP contribution is 2.28. The first-order valence-electron chi connectivity index (χ1n) is 10.2. The summed E-state index contributed by atoms with van der Waals surface area (Å²) in [6.07, 6.45) is 6.78. The topological polar surface area (TPSA) is 64.4 Å². The molecule has 0 atom stereocenters. The largest absolute Gasteiger partial charge is 0.481 e. The molecular formula is C24H28N2O3. The summed E-state index contributed by atoms with van der Waals surface area (Å²) in [6, 6.07) is 19.1. The van der Waals surface area contributed by atoms with Crippen LogP contribution in [0.3, 0.4) is 0 Å². The molecule has 3 aromatic rings. The lowest BCUT2D eigenvalue weighted by Crippen LogP contribution is -2.05. The van der Waals surface area contributed by atoms with Crippen molar-refractivity contribution in [2.75, 3.05) is 6.61 Å². The lowest BCUT2D eigenvalue weighted by molar-refractivity contribution is -0.137. The number of carbonyl (C=O) groups is 1. The molecule has 0 aliphatic carbocycles. The van der Waals surface area contributed by atoms with Gasteiger partial charge in [-0.25, -0.2) is 4.98 Å². The quantitative estimate of drug-likeness (QED) is 0.428. The normalized spacial score (nSPS) is 10.8. The number of imidazole rings is 1. The van der Waals surface area contributed by atoms with Crippen molar-refractivity contribution in [3.8, 4) is 23.0 Å². The van der Waals surface area contributed by atoms with E-state index in [4.69, 9.17) is 9.84 Å². The number of benzene rings is 2. The molecule has 0 radical (unpaired) electrons. The van der Waals surface area contributed by atoms with Gasteiger partial charge in [-0.1, -0.05) is 67.3 Å². The third-order valence-corrected chi connectivity index (χ3v) is 4.86. The molecule has 29 heavy (non-hydrogen) atoms. The van der Waals surface area contributed by atoms with Crippen molar-refractivity contribution in [2.45, 2.75) is 45.4 Å². The second-order valence-corrected chi connectivity index (χ2v) is 7.22. The molecule has 0 aliphatic heterocycles. The van der Waals surface area contributed by atoms with Crippen molar-refractivity contribution in [1.29, 1.82) is 0 Å². The maximum Gasteiger partial charge on any atom is 0.303 e. The summed E-state index contributed by atoms with van der Waals surface area (Å²) < 4.78 is 8.08. The molecular weight excluding hydrogens is 364 g/mol. The van der Waals surface area contributed by atoms with Crippen LogP contribution < -0.4 is 4.74 Å². The van der Waals surface area contributed by atoms with Crippen molar-refractivity contribution < 1.29 is 14.6 Å². The Morgan fingerprint density at radius 3 is 2.38 bits per heavy atom. The number of aliphatic carboxylic acids is 1. The minimum absolute atomic E-state index is 0.257. The van der Waals surface area contributed by atoms with Gasteiger partial charge in [-0.3, -0.25) is 9.36 Å². The predicted octanol–water partition coefficient (Wildman–Crippen LogP) is 5.65. The average molecular weight is 392 g/mol. The van der Waals surface area contributed by atoms with Crippen LogP contribution in [0, 0.1) is 6.92 Å². The van der Waals surface area contributed by atoms with E-state index in [1.165, 1.54) is 5.56 Å². The van der Waals surface area contributed by atoms with E-state index in [1.807, 2.05) is 24.4 Å². The smallest absolute Gasteiger partial charge is 0.303 e. The molecule has 0 spiro atoms. The van der Waals surface area contributed by atoms with E-state index in [-0.39, 0.29) is 6.42 Å². The summed E-state index contributed by atoms with van der Waals surface area (Å²) in [7, 11) is 0. The Morgan fingerprint density at radius 1 is 0.966 bits per heavy atom. The van der Waals surface area contributed by atoms with Crippen LogP contribution in [0.5, 0.6) is 6.01 Å². The number of hydrogen-bond acceptors (Lipinski definition) is 3. The van der Waals surface area contributed by atoms with Gasteiger partial charge in [0.05, 0.1) is 24.2 Å². The summed E-state index contributed by atoms with van der Waals surface area (Å²) >= 11 is 0. The van der Waals surface area contributed by atoms with Gasteiger partial charge in [0, 0.05) is 12.0 Å². The van der Waals surface area contributed by atoms with E-state index in [9.17, 15) is 4.79 Å². The second kappa shape index (κ2) is 10.5. The van der Waals surface area contributed by atoms with Gasteiger partial charge in [0.25, 0.3) is 0 Å². The fraction of sp³-hybridized carbons (Fsp3) is 0.333. The molecule has 1 heterocycles. The molecule has 0 aliphatic rings. The zero-order valence-electron chi connectivity index (χ0n) is 16.9. The van der Waals surface area contributed by atoms with Gasteiger partial charge in [-0.2, -0.15) is 0 Å². The molecule has 0 saturated heterocycles. The molecule has 0 unspecified atom stereocenters. The number of rotatable bonds is 11. The summed E-state index contributed by atoms with van der Waals surface area (Å²) in [5, 5.41) is 8.67. The van der Waals surface area contributed by atoms with E-state index >= 15 is 0 Å². The summed E-state index contributed by atoms with van der Waals surface area (Å²) in [4.78, 5) is 15.1. The number of unbranched alkanes of at least 4 members (excludes halogenated alkanes) is 4. The molecule has 1 N–H and O–H groups in total. The highest BCUT2D eigenvalue weighted by atomic mass is 16.5. The Labute approximate surface area is 172 Å². The highest BCUT2D eigenvalue weighted by molar-refractivity contribution is 5.66. The Kier molecular flexibility index (Phi) is 7.45. The lowest BCUT2D eigenvalue weighted by atomic mass is 10.1. The molecule has 0 fully saturated rings. The monoisotopic (exact) mass is 392 g/mol. The highest BCUT2D eigenvalue weighted by Gasteiger charge is 2.14. The number of ether oxygens (including phenoxy) is 1. The Bertz CT molecular complexity index is 902. The first kappa shape index (κ1) is 20.6. The molecule has 152 valence electrons. The molecule has 3 rings (SSSR count). The minimum Gasteiger partial charge on any atom is -0.481 e. The van der Waals surface area contributed by atoms with Gasteiger partial charge in [0.15, 0.2) is 0 Å². The SMILES string of the molecule is Cc1ccc(-n2c(-c3ccccc3)cnc2OCCCCCCCC(=O)O)cc1. The van der Waals surface area contributed by atoms with Gasteiger partial charge in [0.1, 0.15) is 0 Å². The standard InChI is InChI=1S/C24H28N2O3/c1-19-13-15-21(16-14-19)26-22(20-10-6-5-7-11-20)18-25-24(26)29-17-9-4-2-3-8-12-23(27)28/h5-7,10-11,13-16,18H,2-4,8-9,12,17H2,1H3,(H,27,28). The van der Waals surface area contributed by atoms with Gasteiger partial charge in [-0.15, -0.1) is 0 Å². The summed E-state index contributed by atoms with van der Waals surface area (Å²) in [5.74, 6) is -0.717. The van der Waals surface area contributed by atoms with Crippen LogP contribution in [-0.2, 0) is 4.79 Å². The molecule has 0 amide bonds. The van der Waals surface area contributed by atoms with Gasteiger partial charge >= 0.3 is 12.0 Å². The summed E-state index contributed by atoms with van der Waals surface area (Å²) in [5.41, 5.74) is 4.32. The molecule has 5 heteroatoms. The van der Waals surface area contributed by atoms with Crippen LogP contribution in [-0.4, -0.2) is 27.2 Å². The van der Waals surface area contributed by atoms with Gasteiger partial charge < -0.3 is 9.84 Å². The van der Waals surface area contributed by atoms with Gasteiger partial charge in [-0.05, 0) is 31.9 Å². The van der Waals surface area contributed by atoms with Crippen molar-refractivity contribution in [3.63, 3.8) is 0 Å². The van der Waals surface area contributed by atoms with Crippen LogP contribution in [0.25, 0.3) is 16.9 Å². The number of aromatic nitrogens is 2. The van der Waals surface area contributed by atoms with Crippen LogP contribution >= 0.6 is 0 Å². The number of nitrogens with zero attached hydrogens (tertiary/aromatic N) is 2. The number of carboxylic acids is 1. The van der Waals surface area contributed by atoms with E-state index < -0.39 is 5.97 Å². The molecule has 0 saturated carbocycles. The summed E-state index contributed by atoms with van der Waals surface area (Å²) in [6.45, 7) is 2.67. The predicted molar refractivity (Wildman–Crippen MR) is 115 cm³/mol. The number of hydrogen-bond donors (Lipinski definition) is 1. The fourth-order valence-electron chi connectivity index (χ4n) is 3.26. The van der Waals surface area contributed by atoms with Crippen LogP contribution in [0.15, 0.2) is 60.8 Å². The van der Waals surface area contributed by atoms with E-state index in [2.05, 4.69) is 52.9 Å². The van der Waals surface area contributed by atoms with Crippen molar-refractivity contribution in [3.05, 3.63) is 66.4 Å². The first-order chi connectivity index (χ1) is 14.1. The molecule has 5 nitrogen and oxygen atoms in total. The van der Waals surface area contributed by atoms with Crippen LogP contribution in [0.2, 0.25) is 0 Å². The molecule has 0 bridgehead atoms. The van der Waals surface area contributed by atoms with Crippen LogP contribution in [0.1, 0.15) is 44.1 Å². The maximum atomic E-state index is 10.5. The van der Waals surface area contributed by atoms with E-state index in [1.54, 1.807) is 0 Å². The van der Waals surface area contributed by atoms with Crippen LogP contribution in [0.4, 0.5) is 0 Å². The van der Waals surface area contributed by atoms with Crippen molar-refractivity contribution in [2.24, 2.45) is 0 Å². The van der Waals surface area contributed by atoms with Gasteiger partial charge in [0.2, 0.25) is 0 Å². The zero-order chi connectivity index (χ0) is 20.5. The first-order valence-corrected chi connectivity index (χ1v) is 10.2. The maximum absolute atomic E-state index is 10.5. The van der Waals surface area contributed by atoms with E-state index in [0.717, 1.165) is 49.0 Å². The Morgan fingerprint density at radius 2 is 1.66 bits per heavy atom. The lowest BCUT2D eigenvalue weighted by Gasteiger charge is -2.13. The third kappa shape index (κ3) is 5.95. The second-order valence-electron chi connectivity index (χ2n) is 7.22. The minimum atomic E-state index is -0.717. The van der Waals surface area contributed by atoms with Crippen molar-refractivity contribution >= 4 is 5.97 Å². The fourth-order valence-corrected chi connectivity index (χ4v) is 3.26. The number of carboxylic acid groups (broad SMARTS) is 1. The number of aryl methyl sites for hydroxylation is 1. The molecule has 2 aromatic carbocycles. The Hall–Kier alpha value is -3.08.